The predicted molar refractivity (Wildman–Crippen MR) is 398 cm³/mol. The van der Waals surface area contributed by atoms with Gasteiger partial charge >= 0.3 is 0 Å². The minimum absolute atomic E-state index is 1.06. The molecule has 19 rings (SSSR count). The van der Waals surface area contributed by atoms with Gasteiger partial charge in [0, 0.05) is 66.4 Å². The molecule has 94 heavy (non-hydrogen) atoms. The Morgan fingerprint density at radius 1 is 0.181 bits per heavy atom. The fourth-order valence-corrected chi connectivity index (χ4v) is 15.3. The zero-order valence-corrected chi connectivity index (χ0v) is 51.3. The van der Waals surface area contributed by atoms with Crippen molar-refractivity contribution in [2.45, 2.75) is 0 Å². The standard InChI is InChI=1S/C90H58N4/c1-3-19-61-55-66(37-35-59(61)17-1)74-52-53-76(90-75(28-16-29-82(74)90)67-38-36-60-18-2-4-20-62(60)56-67)65-22-15-21-63(57-65)64-39-54-89-83(58-64)81-27-9-14-34-88(81)94(89)73-50-44-70(45-51-73)91(68-40-46-71(47-41-68)92-84-30-10-5-23-77(84)78-24-6-11-31-85(78)92)69-42-48-72(49-43-69)93-86-32-12-7-25-79(86)80-26-8-13-33-87(80)93/h1-58H. The number of aromatic nitrogens is 3. The first-order valence-electron chi connectivity index (χ1n) is 32.4. The minimum Gasteiger partial charge on any atom is -0.310 e. The Morgan fingerprint density at radius 2 is 0.511 bits per heavy atom. The fraction of sp³-hybridized carbons (Fsp3) is 0. The molecular weight excluding hydrogens is 1140 g/mol. The molecule has 16 aromatic carbocycles. The topological polar surface area (TPSA) is 18.0 Å². The Kier molecular flexibility index (Phi) is 12.3. The van der Waals surface area contributed by atoms with Gasteiger partial charge in [-0.05, 0) is 210 Å². The molecule has 3 aromatic heterocycles. The van der Waals surface area contributed by atoms with Crippen molar-refractivity contribution in [3.8, 4) is 61.6 Å². The molecule has 0 bridgehead atoms. The van der Waals surface area contributed by atoms with Gasteiger partial charge in [0.2, 0.25) is 0 Å². The summed E-state index contributed by atoms with van der Waals surface area (Å²) in [4.78, 5) is 2.38. The molecule has 4 heteroatoms. The van der Waals surface area contributed by atoms with Crippen LogP contribution in [0.3, 0.4) is 0 Å². The van der Waals surface area contributed by atoms with Crippen molar-refractivity contribution >= 4 is 115 Å². The van der Waals surface area contributed by atoms with Crippen LogP contribution in [0.5, 0.6) is 0 Å². The van der Waals surface area contributed by atoms with Crippen LogP contribution >= 0.6 is 0 Å². The lowest BCUT2D eigenvalue weighted by Gasteiger charge is -2.26. The molecule has 0 aliphatic rings. The first-order chi connectivity index (χ1) is 46.6. The van der Waals surface area contributed by atoms with Gasteiger partial charge < -0.3 is 18.6 Å². The summed E-state index contributed by atoms with van der Waals surface area (Å²) in [6, 6.07) is 130. The molecule has 19 aromatic rings. The number of hydrogen-bond acceptors (Lipinski definition) is 1. The third-order valence-corrected chi connectivity index (χ3v) is 19.6. The van der Waals surface area contributed by atoms with Crippen LogP contribution in [0.2, 0.25) is 0 Å². The van der Waals surface area contributed by atoms with Crippen molar-refractivity contribution in [3.05, 3.63) is 352 Å². The maximum absolute atomic E-state index is 2.43. The van der Waals surface area contributed by atoms with E-state index in [1.807, 2.05) is 0 Å². The summed E-state index contributed by atoms with van der Waals surface area (Å²) < 4.78 is 7.20. The number of nitrogens with zero attached hydrogens (tertiary/aromatic N) is 4. The number of rotatable bonds is 10. The molecule has 0 atom stereocenters. The van der Waals surface area contributed by atoms with E-state index in [1.54, 1.807) is 0 Å². The highest BCUT2D eigenvalue weighted by atomic mass is 15.1. The van der Waals surface area contributed by atoms with Gasteiger partial charge in [0.1, 0.15) is 0 Å². The van der Waals surface area contributed by atoms with Crippen molar-refractivity contribution in [1.29, 1.82) is 0 Å². The molecule has 0 saturated heterocycles. The quantitative estimate of drug-likeness (QED) is 0.133. The average molecular weight is 1200 g/mol. The SMILES string of the molecule is c1cc(-c2ccc3c(c2)c2ccccc2n3-c2ccc(N(c3ccc(-n4c5ccccc5c5ccccc54)cc3)c3ccc(-n4c5ccccc5c5ccccc54)cc3)cc2)cc(-c2ccc(-c3ccc4ccccc4c3)c3cccc(-c4ccc5ccccc5c4)c23)c1. The third kappa shape index (κ3) is 8.61. The van der Waals surface area contributed by atoms with E-state index in [1.165, 1.54) is 131 Å². The van der Waals surface area contributed by atoms with Gasteiger partial charge in [-0.1, -0.05) is 218 Å². The molecule has 0 amide bonds. The largest absolute Gasteiger partial charge is 0.310 e. The molecule has 0 radical (unpaired) electrons. The van der Waals surface area contributed by atoms with Crippen LogP contribution in [0, 0.1) is 0 Å². The second-order valence-corrected chi connectivity index (χ2v) is 24.8. The van der Waals surface area contributed by atoms with Crippen LogP contribution in [0.4, 0.5) is 17.1 Å². The molecule has 0 aliphatic heterocycles. The van der Waals surface area contributed by atoms with Crippen LogP contribution < -0.4 is 4.90 Å². The maximum atomic E-state index is 2.43. The Morgan fingerprint density at radius 3 is 0.989 bits per heavy atom. The zero-order valence-electron chi connectivity index (χ0n) is 51.3. The summed E-state index contributed by atoms with van der Waals surface area (Å²) in [5, 5.41) is 14.8. The van der Waals surface area contributed by atoms with Crippen LogP contribution in [0.1, 0.15) is 0 Å². The van der Waals surface area contributed by atoms with Crippen LogP contribution in [-0.2, 0) is 0 Å². The second-order valence-electron chi connectivity index (χ2n) is 24.8. The molecule has 0 fully saturated rings. The number of para-hydroxylation sites is 5. The first-order valence-corrected chi connectivity index (χ1v) is 32.4. The Bertz CT molecular complexity index is 5960. The van der Waals surface area contributed by atoms with E-state index in [-0.39, 0.29) is 0 Å². The van der Waals surface area contributed by atoms with Gasteiger partial charge in [-0.2, -0.15) is 0 Å². The third-order valence-electron chi connectivity index (χ3n) is 19.6. The number of benzene rings is 16. The highest BCUT2D eigenvalue weighted by Crippen LogP contribution is 2.45. The van der Waals surface area contributed by atoms with E-state index >= 15 is 0 Å². The van der Waals surface area contributed by atoms with Crippen molar-refractivity contribution in [2.24, 2.45) is 0 Å². The molecule has 4 nitrogen and oxygen atoms in total. The van der Waals surface area contributed by atoms with Gasteiger partial charge in [-0.15, -0.1) is 0 Å². The van der Waals surface area contributed by atoms with E-state index in [2.05, 4.69) is 370 Å². The molecule has 438 valence electrons. The zero-order chi connectivity index (χ0) is 61.8. The molecule has 0 aliphatic carbocycles. The lowest BCUT2D eigenvalue weighted by molar-refractivity contribution is 1.16. The Balaban J connectivity index is 0.707. The van der Waals surface area contributed by atoms with E-state index in [0.717, 1.165) is 45.2 Å². The lowest BCUT2D eigenvalue weighted by atomic mass is 9.86. The van der Waals surface area contributed by atoms with Crippen molar-refractivity contribution < 1.29 is 0 Å². The highest BCUT2D eigenvalue weighted by Gasteiger charge is 2.21. The van der Waals surface area contributed by atoms with E-state index in [9.17, 15) is 0 Å². The monoisotopic (exact) mass is 1190 g/mol. The summed E-state index contributed by atoms with van der Waals surface area (Å²) in [5.41, 5.74) is 23.2. The highest BCUT2D eigenvalue weighted by molar-refractivity contribution is 6.15. The summed E-state index contributed by atoms with van der Waals surface area (Å²) in [6.45, 7) is 0. The van der Waals surface area contributed by atoms with Crippen LogP contribution in [0.25, 0.3) is 159 Å². The summed E-state index contributed by atoms with van der Waals surface area (Å²) in [6.07, 6.45) is 0. The summed E-state index contributed by atoms with van der Waals surface area (Å²) in [7, 11) is 0. The Labute approximate surface area is 543 Å². The predicted octanol–water partition coefficient (Wildman–Crippen LogP) is 24.6. The normalized spacial score (nSPS) is 11.8. The average Bonchev–Trinajstić information content (AvgIpc) is 1.41. The molecule has 0 N–H and O–H groups in total. The lowest BCUT2D eigenvalue weighted by Crippen LogP contribution is -2.10. The second kappa shape index (κ2) is 21.6. The number of hydrogen-bond donors (Lipinski definition) is 0. The smallest absolute Gasteiger partial charge is 0.0541 e. The van der Waals surface area contributed by atoms with Gasteiger partial charge in [0.25, 0.3) is 0 Å². The Hall–Kier alpha value is -12.5. The van der Waals surface area contributed by atoms with Crippen LogP contribution in [0.15, 0.2) is 352 Å². The van der Waals surface area contributed by atoms with Crippen molar-refractivity contribution in [3.63, 3.8) is 0 Å². The van der Waals surface area contributed by atoms with E-state index < -0.39 is 0 Å². The van der Waals surface area contributed by atoms with Crippen molar-refractivity contribution in [2.75, 3.05) is 4.90 Å². The first kappa shape index (κ1) is 53.3. The number of anilines is 3. The molecule has 0 unspecified atom stereocenters. The molecule has 3 heterocycles. The van der Waals surface area contributed by atoms with E-state index in [0.29, 0.717) is 0 Å². The van der Waals surface area contributed by atoms with Gasteiger partial charge in [-0.25, -0.2) is 0 Å². The molecule has 0 spiro atoms. The van der Waals surface area contributed by atoms with Gasteiger partial charge in [0.05, 0.1) is 33.1 Å². The summed E-state index contributed by atoms with van der Waals surface area (Å²) in [5.74, 6) is 0. The van der Waals surface area contributed by atoms with Crippen molar-refractivity contribution in [1.82, 2.24) is 13.7 Å². The molecule has 0 saturated carbocycles. The minimum atomic E-state index is 1.06. The number of fused-ring (bicyclic) bond motifs is 12. The van der Waals surface area contributed by atoms with Gasteiger partial charge in [0.15, 0.2) is 0 Å². The van der Waals surface area contributed by atoms with Crippen LogP contribution in [-0.4, -0.2) is 13.7 Å². The maximum Gasteiger partial charge on any atom is 0.0541 e. The fourth-order valence-electron chi connectivity index (χ4n) is 15.3. The van der Waals surface area contributed by atoms with Gasteiger partial charge in [-0.3, -0.25) is 0 Å². The summed E-state index contributed by atoms with van der Waals surface area (Å²) >= 11 is 0. The van der Waals surface area contributed by atoms with E-state index in [4.69, 9.17) is 0 Å². The molecular formula is C90H58N4.